The van der Waals surface area contributed by atoms with Gasteiger partial charge in [0, 0.05) is 6.54 Å². The summed E-state index contributed by atoms with van der Waals surface area (Å²) in [5, 5.41) is 3.40. The van der Waals surface area contributed by atoms with Crippen molar-refractivity contribution in [3.63, 3.8) is 0 Å². The molecular formula is C8H13FN2O. The Balaban J connectivity index is 2.15. The number of oxime groups is 1. The quantitative estimate of drug-likeness (QED) is 0.458. The predicted octanol–water partition coefficient (Wildman–Crippen LogP) is 1.01. The Morgan fingerprint density at radius 3 is 2.58 bits per heavy atom. The van der Waals surface area contributed by atoms with Crippen molar-refractivity contribution in [1.82, 2.24) is 4.90 Å². The minimum atomic E-state index is -0.315. The molecule has 0 unspecified atom stereocenters. The molecule has 0 aromatic rings. The van der Waals surface area contributed by atoms with Crippen molar-refractivity contribution >= 4 is 5.97 Å². The number of hydrogen-bond acceptors (Lipinski definition) is 3. The monoisotopic (exact) mass is 172 g/mol. The minimum Gasteiger partial charge on any atom is -0.397 e. The van der Waals surface area contributed by atoms with Crippen molar-refractivity contribution < 1.29 is 9.23 Å². The van der Waals surface area contributed by atoms with Crippen molar-refractivity contribution in [2.45, 2.75) is 12.8 Å². The van der Waals surface area contributed by atoms with E-state index in [0.29, 0.717) is 0 Å². The standard InChI is InChI=1S/C8H13FN2O/c1-12-10-7(9)8-2-4-11(6-8)5-3-8/h2-6H2,1H3/b10-7-. The molecule has 2 fully saturated rings. The summed E-state index contributed by atoms with van der Waals surface area (Å²) in [5.74, 6) is -0.315. The van der Waals surface area contributed by atoms with Crippen molar-refractivity contribution in [2.75, 3.05) is 26.7 Å². The maximum atomic E-state index is 13.4. The summed E-state index contributed by atoms with van der Waals surface area (Å²) in [6.07, 6.45) is 1.79. The third kappa shape index (κ3) is 1.02. The molecule has 3 nitrogen and oxygen atoms in total. The SMILES string of the molecule is CO/N=C(\F)C12CCN(CC1)C2. The van der Waals surface area contributed by atoms with Crippen molar-refractivity contribution in [3.05, 3.63) is 0 Å². The van der Waals surface area contributed by atoms with Crippen LogP contribution in [0, 0.1) is 5.41 Å². The largest absolute Gasteiger partial charge is 0.397 e. The highest BCUT2D eigenvalue weighted by molar-refractivity contribution is 5.82. The molecule has 0 amide bonds. The van der Waals surface area contributed by atoms with Crippen molar-refractivity contribution in [2.24, 2.45) is 10.6 Å². The van der Waals surface area contributed by atoms with Gasteiger partial charge in [-0.25, -0.2) is 0 Å². The first kappa shape index (κ1) is 7.98. The third-order valence-electron chi connectivity index (χ3n) is 2.95. The molecule has 0 aromatic carbocycles. The van der Waals surface area contributed by atoms with Crippen LogP contribution < -0.4 is 0 Å². The number of fused-ring (bicyclic) bond motifs is 2. The third-order valence-corrected chi connectivity index (χ3v) is 2.95. The molecule has 4 heteroatoms. The summed E-state index contributed by atoms with van der Waals surface area (Å²) in [4.78, 5) is 6.72. The summed E-state index contributed by atoms with van der Waals surface area (Å²) < 4.78 is 13.4. The van der Waals surface area contributed by atoms with E-state index in [-0.39, 0.29) is 11.4 Å². The van der Waals surface area contributed by atoms with E-state index in [2.05, 4.69) is 14.9 Å². The van der Waals surface area contributed by atoms with E-state index in [0.717, 1.165) is 32.5 Å². The highest BCUT2D eigenvalue weighted by atomic mass is 19.1. The molecule has 0 spiro atoms. The lowest BCUT2D eigenvalue weighted by Gasteiger charge is -2.20. The van der Waals surface area contributed by atoms with Gasteiger partial charge in [-0.2, -0.15) is 4.39 Å². The van der Waals surface area contributed by atoms with Gasteiger partial charge in [0.05, 0.1) is 5.41 Å². The molecule has 0 N–H and O–H groups in total. The van der Waals surface area contributed by atoms with Gasteiger partial charge >= 0.3 is 0 Å². The lowest BCUT2D eigenvalue weighted by Crippen LogP contribution is -2.27. The second-order valence-electron chi connectivity index (χ2n) is 3.62. The van der Waals surface area contributed by atoms with Gasteiger partial charge in [-0.05, 0) is 25.9 Å². The Morgan fingerprint density at radius 1 is 1.50 bits per heavy atom. The number of rotatable bonds is 2. The summed E-state index contributed by atoms with van der Waals surface area (Å²) in [5.41, 5.74) is -0.296. The van der Waals surface area contributed by atoms with E-state index < -0.39 is 0 Å². The summed E-state index contributed by atoms with van der Waals surface area (Å²) >= 11 is 0. The first-order valence-corrected chi connectivity index (χ1v) is 4.26. The van der Waals surface area contributed by atoms with Crippen LogP contribution in [0.1, 0.15) is 12.8 Å². The zero-order valence-corrected chi connectivity index (χ0v) is 7.22. The molecule has 2 aliphatic rings. The average molecular weight is 172 g/mol. The lowest BCUT2D eigenvalue weighted by atomic mass is 9.85. The van der Waals surface area contributed by atoms with E-state index in [1.165, 1.54) is 7.11 Å². The molecule has 0 atom stereocenters. The molecule has 2 rings (SSSR count). The molecule has 0 saturated carbocycles. The average Bonchev–Trinajstić information content (AvgIpc) is 2.64. The van der Waals surface area contributed by atoms with Crippen LogP contribution in [0.2, 0.25) is 0 Å². The van der Waals surface area contributed by atoms with E-state index in [1.54, 1.807) is 0 Å². The Labute approximate surface area is 71.2 Å². The first-order valence-electron chi connectivity index (χ1n) is 4.26. The van der Waals surface area contributed by atoms with E-state index in [1.807, 2.05) is 0 Å². The molecule has 0 aliphatic carbocycles. The van der Waals surface area contributed by atoms with Gasteiger partial charge in [-0.15, -0.1) is 0 Å². The van der Waals surface area contributed by atoms with Gasteiger partial charge in [0.15, 0.2) is 0 Å². The molecule has 68 valence electrons. The lowest BCUT2D eigenvalue weighted by molar-refractivity contribution is 0.200. The highest BCUT2D eigenvalue weighted by Gasteiger charge is 2.48. The Hall–Kier alpha value is -0.640. The molecule has 2 aliphatic heterocycles. The predicted molar refractivity (Wildman–Crippen MR) is 43.7 cm³/mol. The maximum Gasteiger partial charge on any atom is 0.234 e. The highest BCUT2D eigenvalue weighted by Crippen LogP contribution is 2.41. The zero-order valence-electron chi connectivity index (χ0n) is 7.22. The molecule has 0 aromatic heterocycles. The molecule has 12 heavy (non-hydrogen) atoms. The van der Waals surface area contributed by atoms with Gasteiger partial charge in [-0.3, -0.25) is 0 Å². The number of nitrogens with zero attached hydrogens (tertiary/aromatic N) is 2. The maximum absolute atomic E-state index is 13.4. The van der Waals surface area contributed by atoms with Gasteiger partial charge in [0.2, 0.25) is 5.97 Å². The summed E-state index contributed by atoms with van der Waals surface area (Å²) in [7, 11) is 1.39. The summed E-state index contributed by atoms with van der Waals surface area (Å²) in [6.45, 7) is 2.84. The molecule has 0 radical (unpaired) electrons. The Kier molecular flexibility index (Phi) is 1.79. The number of piperidine rings is 1. The number of hydrogen-bond donors (Lipinski definition) is 0. The van der Waals surface area contributed by atoms with Crippen LogP contribution in [0.15, 0.2) is 5.16 Å². The molecule has 2 bridgehead atoms. The smallest absolute Gasteiger partial charge is 0.234 e. The number of halogens is 1. The fourth-order valence-electron chi connectivity index (χ4n) is 2.17. The van der Waals surface area contributed by atoms with Crippen molar-refractivity contribution in [3.8, 4) is 0 Å². The van der Waals surface area contributed by atoms with Crippen LogP contribution in [-0.4, -0.2) is 37.6 Å². The zero-order chi connectivity index (χ0) is 8.60. The first-order chi connectivity index (χ1) is 5.77. The van der Waals surface area contributed by atoms with Crippen LogP contribution in [0.3, 0.4) is 0 Å². The Morgan fingerprint density at radius 2 is 2.17 bits per heavy atom. The van der Waals surface area contributed by atoms with E-state index in [9.17, 15) is 4.39 Å². The molecule has 2 heterocycles. The normalized spacial score (nSPS) is 40.5. The van der Waals surface area contributed by atoms with Gasteiger partial charge in [-0.1, -0.05) is 5.16 Å². The second-order valence-corrected chi connectivity index (χ2v) is 3.62. The van der Waals surface area contributed by atoms with Gasteiger partial charge in [0.1, 0.15) is 7.11 Å². The molecular weight excluding hydrogens is 159 g/mol. The Bertz CT molecular complexity index is 209. The van der Waals surface area contributed by atoms with Crippen LogP contribution >= 0.6 is 0 Å². The molecule has 2 saturated heterocycles. The van der Waals surface area contributed by atoms with E-state index >= 15 is 0 Å². The van der Waals surface area contributed by atoms with Crippen LogP contribution in [0.4, 0.5) is 4.39 Å². The van der Waals surface area contributed by atoms with Gasteiger partial charge < -0.3 is 9.74 Å². The topological polar surface area (TPSA) is 24.8 Å². The van der Waals surface area contributed by atoms with E-state index in [4.69, 9.17) is 0 Å². The minimum absolute atomic E-state index is 0.296. The van der Waals surface area contributed by atoms with Crippen LogP contribution in [-0.2, 0) is 4.84 Å². The fourth-order valence-corrected chi connectivity index (χ4v) is 2.17. The fraction of sp³-hybridized carbons (Fsp3) is 0.875. The van der Waals surface area contributed by atoms with Gasteiger partial charge in [0.25, 0.3) is 0 Å². The van der Waals surface area contributed by atoms with Crippen molar-refractivity contribution in [1.29, 1.82) is 0 Å². The van der Waals surface area contributed by atoms with Crippen LogP contribution in [0.25, 0.3) is 0 Å². The summed E-state index contributed by atoms with van der Waals surface area (Å²) in [6, 6.07) is 0. The second kappa shape index (κ2) is 2.69. The van der Waals surface area contributed by atoms with Crippen LogP contribution in [0.5, 0.6) is 0 Å².